The van der Waals surface area contributed by atoms with Gasteiger partial charge in [0.2, 0.25) is 0 Å². The summed E-state index contributed by atoms with van der Waals surface area (Å²) in [6.45, 7) is 2.04. The molecule has 17 heavy (non-hydrogen) atoms. The molecule has 2 N–H and O–H groups in total. The molecule has 2 atom stereocenters. The molecular formula is C14H28N2S. The molecule has 2 fully saturated rings. The third-order valence-corrected chi connectivity index (χ3v) is 5.56. The maximum absolute atomic E-state index is 6.15. The summed E-state index contributed by atoms with van der Waals surface area (Å²) in [6, 6.07) is 0. The van der Waals surface area contributed by atoms with E-state index in [4.69, 9.17) is 5.73 Å². The summed E-state index contributed by atoms with van der Waals surface area (Å²) >= 11 is 1.94. The van der Waals surface area contributed by atoms with Gasteiger partial charge in [0.25, 0.3) is 0 Å². The van der Waals surface area contributed by atoms with Crippen LogP contribution in [0.2, 0.25) is 0 Å². The largest absolute Gasteiger partial charge is 0.329 e. The Morgan fingerprint density at radius 1 is 1.29 bits per heavy atom. The van der Waals surface area contributed by atoms with E-state index in [1.165, 1.54) is 50.8 Å². The van der Waals surface area contributed by atoms with Crippen LogP contribution in [-0.2, 0) is 0 Å². The molecule has 0 saturated heterocycles. The van der Waals surface area contributed by atoms with Crippen molar-refractivity contribution in [3.05, 3.63) is 0 Å². The monoisotopic (exact) mass is 256 g/mol. The third kappa shape index (κ3) is 3.18. The molecule has 0 aromatic carbocycles. The molecule has 2 unspecified atom stereocenters. The van der Waals surface area contributed by atoms with Crippen molar-refractivity contribution < 1.29 is 0 Å². The van der Waals surface area contributed by atoms with Crippen LogP contribution in [0.4, 0.5) is 0 Å². The molecule has 0 aromatic heterocycles. The van der Waals surface area contributed by atoms with Crippen molar-refractivity contribution in [3.8, 4) is 0 Å². The Morgan fingerprint density at radius 2 is 2.06 bits per heavy atom. The summed E-state index contributed by atoms with van der Waals surface area (Å²) in [5.41, 5.74) is 6.47. The van der Waals surface area contributed by atoms with Gasteiger partial charge in [-0.3, -0.25) is 4.90 Å². The summed E-state index contributed by atoms with van der Waals surface area (Å²) in [5, 5.41) is 0. The van der Waals surface area contributed by atoms with Gasteiger partial charge in [-0.15, -0.1) is 0 Å². The van der Waals surface area contributed by atoms with Gasteiger partial charge in [-0.25, -0.2) is 0 Å². The second kappa shape index (κ2) is 5.94. The van der Waals surface area contributed by atoms with Crippen LogP contribution in [0, 0.1) is 11.8 Å². The van der Waals surface area contributed by atoms with Crippen molar-refractivity contribution in [1.29, 1.82) is 0 Å². The van der Waals surface area contributed by atoms with Crippen molar-refractivity contribution in [1.82, 2.24) is 4.90 Å². The van der Waals surface area contributed by atoms with Gasteiger partial charge in [-0.2, -0.15) is 11.8 Å². The lowest BCUT2D eigenvalue weighted by Gasteiger charge is -2.47. The SMILES string of the molecule is CSCCN(C)C1(CN)CCCC(C2CC2)C1. The van der Waals surface area contributed by atoms with Crippen LogP contribution < -0.4 is 5.73 Å². The normalized spacial score (nSPS) is 34.2. The van der Waals surface area contributed by atoms with Gasteiger partial charge in [0.1, 0.15) is 0 Å². The van der Waals surface area contributed by atoms with Gasteiger partial charge in [0.15, 0.2) is 0 Å². The predicted octanol–water partition coefficient (Wildman–Crippen LogP) is 2.58. The summed E-state index contributed by atoms with van der Waals surface area (Å²) in [7, 11) is 2.29. The van der Waals surface area contributed by atoms with Gasteiger partial charge < -0.3 is 5.73 Å². The molecule has 0 heterocycles. The first-order valence-corrected chi connectivity index (χ1v) is 8.51. The van der Waals surface area contributed by atoms with E-state index in [1.54, 1.807) is 0 Å². The predicted molar refractivity (Wildman–Crippen MR) is 77.5 cm³/mol. The highest BCUT2D eigenvalue weighted by Gasteiger charge is 2.43. The zero-order valence-corrected chi connectivity index (χ0v) is 12.3. The van der Waals surface area contributed by atoms with Gasteiger partial charge in [-0.1, -0.05) is 12.8 Å². The van der Waals surface area contributed by atoms with Crippen LogP contribution in [0.3, 0.4) is 0 Å². The van der Waals surface area contributed by atoms with Gasteiger partial charge in [0, 0.05) is 24.4 Å². The molecule has 2 saturated carbocycles. The molecule has 2 nitrogen and oxygen atoms in total. The lowest BCUT2D eigenvalue weighted by atomic mass is 9.73. The average molecular weight is 256 g/mol. The van der Waals surface area contributed by atoms with Crippen molar-refractivity contribution in [2.75, 3.05) is 32.1 Å². The van der Waals surface area contributed by atoms with Crippen LogP contribution in [0.25, 0.3) is 0 Å². The molecule has 2 rings (SSSR count). The Kier molecular flexibility index (Phi) is 4.79. The number of rotatable bonds is 6. The summed E-state index contributed by atoms with van der Waals surface area (Å²) in [5.74, 6) is 3.26. The van der Waals surface area contributed by atoms with Crippen LogP contribution in [0.15, 0.2) is 0 Å². The number of nitrogens with two attached hydrogens (primary N) is 1. The number of hydrogen-bond donors (Lipinski definition) is 1. The standard InChI is InChI=1S/C14H28N2S/c1-16(8-9-17-2)14(11-15)7-3-4-13(10-14)12-5-6-12/h12-13H,3-11,15H2,1-2H3. The number of likely N-dealkylation sites (N-methyl/N-ethyl adjacent to an activating group) is 1. The Labute approximate surface area is 111 Å². The van der Waals surface area contributed by atoms with E-state index >= 15 is 0 Å². The van der Waals surface area contributed by atoms with E-state index in [0.717, 1.165) is 18.4 Å². The van der Waals surface area contributed by atoms with E-state index in [1.807, 2.05) is 11.8 Å². The Hall–Kier alpha value is 0.270. The van der Waals surface area contributed by atoms with Crippen molar-refractivity contribution in [2.45, 2.75) is 44.1 Å². The topological polar surface area (TPSA) is 29.3 Å². The van der Waals surface area contributed by atoms with Gasteiger partial charge in [0.05, 0.1) is 0 Å². The number of thioether (sulfide) groups is 1. The molecule has 2 aliphatic rings. The fraction of sp³-hybridized carbons (Fsp3) is 1.00. The molecule has 0 aliphatic heterocycles. The highest BCUT2D eigenvalue weighted by atomic mass is 32.2. The van der Waals surface area contributed by atoms with E-state index in [-0.39, 0.29) is 0 Å². The lowest BCUT2D eigenvalue weighted by molar-refractivity contribution is 0.0568. The highest BCUT2D eigenvalue weighted by molar-refractivity contribution is 7.98. The fourth-order valence-electron chi connectivity index (χ4n) is 3.51. The smallest absolute Gasteiger partial charge is 0.0331 e. The summed E-state index contributed by atoms with van der Waals surface area (Å²) in [6.07, 6.45) is 10.7. The number of nitrogens with zero attached hydrogens (tertiary/aromatic N) is 1. The second-order valence-electron chi connectivity index (χ2n) is 6.04. The Bertz CT molecular complexity index is 242. The Balaban J connectivity index is 1.96. The maximum Gasteiger partial charge on any atom is 0.0331 e. The Morgan fingerprint density at radius 3 is 2.65 bits per heavy atom. The zero-order chi connectivity index (χ0) is 12.3. The second-order valence-corrected chi connectivity index (χ2v) is 7.02. The van der Waals surface area contributed by atoms with E-state index in [9.17, 15) is 0 Å². The van der Waals surface area contributed by atoms with Crippen molar-refractivity contribution >= 4 is 11.8 Å². The first-order valence-electron chi connectivity index (χ1n) is 7.12. The molecule has 100 valence electrons. The highest BCUT2D eigenvalue weighted by Crippen LogP contribution is 2.47. The molecular weight excluding hydrogens is 228 g/mol. The van der Waals surface area contributed by atoms with Gasteiger partial charge >= 0.3 is 0 Å². The summed E-state index contributed by atoms with van der Waals surface area (Å²) in [4.78, 5) is 2.57. The first kappa shape index (κ1) is 13.7. The number of hydrogen-bond acceptors (Lipinski definition) is 3. The summed E-state index contributed by atoms with van der Waals surface area (Å²) < 4.78 is 0. The van der Waals surface area contributed by atoms with Crippen LogP contribution in [0.5, 0.6) is 0 Å². The minimum absolute atomic E-state index is 0.321. The quantitative estimate of drug-likeness (QED) is 0.792. The average Bonchev–Trinajstić information content (AvgIpc) is 3.20. The van der Waals surface area contributed by atoms with E-state index < -0.39 is 0 Å². The van der Waals surface area contributed by atoms with Crippen molar-refractivity contribution in [2.24, 2.45) is 17.6 Å². The van der Waals surface area contributed by atoms with E-state index in [2.05, 4.69) is 18.2 Å². The molecule has 3 heteroatoms. The first-order chi connectivity index (χ1) is 8.22. The van der Waals surface area contributed by atoms with Crippen LogP contribution in [-0.4, -0.2) is 42.6 Å². The third-order valence-electron chi connectivity index (χ3n) is 4.97. The van der Waals surface area contributed by atoms with Crippen LogP contribution in [0.1, 0.15) is 38.5 Å². The minimum atomic E-state index is 0.321. The zero-order valence-electron chi connectivity index (χ0n) is 11.5. The van der Waals surface area contributed by atoms with Crippen molar-refractivity contribution in [3.63, 3.8) is 0 Å². The van der Waals surface area contributed by atoms with E-state index in [0.29, 0.717) is 5.54 Å². The molecule has 2 aliphatic carbocycles. The maximum atomic E-state index is 6.15. The molecule has 0 spiro atoms. The molecule has 0 aromatic rings. The van der Waals surface area contributed by atoms with Gasteiger partial charge in [-0.05, 0) is 50.8 Å². The molecule has 0 amide bonds. The molecule has 0 radical (unpaired) electrons. The lowest BCUT2D eigenvalue weighted by Crippen LogP contribution is -2.55. The fourth-order valence-corrected chi connectivity index (χ4v) is 3.97. The minimum Gasteiger partial charge on any atom is -0.329 e. The van der Waals surface area contributed by atoms with Crippen LogP contribution >= 0.6 is 11.8 Å². The molecule has 0 bridgehead atoms.